The Morgan fingerprint density at radius 1 is 1.18 bits per heavy atom. The molecule has 1 aromatic carbocycles. The molecule has 1 unspecified atom stereocenters. The normalized spacial score (nSPS) is 13.4. The molecule has 0 heterocycles. The maximum absolute atomic E-state index is 12.8. The van der Waals surface area contributed by atoms with Crippen LogP contribution in [-0.2, 0) is 6.18 Å². The Labute approximate surface area is 97.3 Å². The molecular weight excluding hydrogens is 235 g/mol. The summed E-state index contributed by atoms with van der Waals surface area (Å²) in [5, 5.41) is 0. The third-order valence-corrected chi connectivity index (χ3v) is 2.33. The van der Waals surface area contributed by atoms with Crippen LogP contribution in [0.3, 0.4) is 0 Å². The minimum Gasteiger partial charge on any atom is -0.493 e. The van der Waals surface area contributed by atoms with Gasteiger partial charge < -0.3 is 15.2 Å². The van der Waals surface area contributed by atoms with E-state index in [2.05, 4.69) is 0 Å². The Bertz CT molecular complexity index is 402. The first kappa shape index (κ1) is 13.6. The van der Waals surface area contributed by atoms with Gasteiger partial charge in [0.05, 0.1) is 14.2 Å². The third kappa shape index (κ3) is 2.82. The minimum absolute atomic E-state index is 0.0228. The van der Waals surface area contributed by atoms with Gasteiger partial charge in [0.1, 0.15) is 5.56 Å². The molecule has 0 saturated carbocycles. The molecule has 0 saturated heterocycles. The zero-order valence-corrected chi connectivity index (χ0v) is 9.76. The molecule has 17 heavy (non-hydrogen) atoms. The van der Waals surface area contributed by atoms with Gasteiger partial charge in [-0.1, -0.05) is 0 Å². The van der Waals surface area contributed by atoms with E-state index in [1.165, 1.54) is 20.3 Å². The molecule has 0 aliphatic heterocycles. The smallest absolute Gasteiger partial charge is 0.420 e. The van der Waals surface area contributed by atoms with E-state index in [9.17, 15) is 13.2 Å². The van der Waals surface area contributed by atoms with E-state index in [1.807, 2.05) is 0 Å². The molecule has 96 valence electrons. The van der Waals surface area contributed by atoms with Crippen molar-refractivity contribution in [1.29, 1.82) is 0 Å². The van der Waals surface area contributed by atoms with Crippen molar-refractivity contribution in [3.63, 3.8) is 0 Å². The molecule has 1 atom stereocenters. The fourth-order valence-electron chi connectivity index (χ4n) is 1.46. The van der Waals surface area contributed by atoms with Crippen LogP contribution in [0, 0.1) is 0 Å². The standard InChI is InChI=1S/C11H14F3NO2/c1-6(15)7-4-8(11(12,13)14)10(17-3)9(5-7)16-2/h4-6H,15H2,1-3H3. The van der Waals surface area contributed by atoms with E-state index in [4.69, 9.17) is 15.2 Å². The molecule has 0 aliphatic carbocycles. The summed E-state index contributed by atoms with van der Waals surface area (Å²) in [5.74, 6) is -0.306. The minimum atomic E-state index is -4.51. The summed E-state index contributed by atoms with van der Waals surface area (Å²) >= 11 is 0. The van der Waals surface area contributed by atoms with Gasteiger partial charge in [-0.05, 0) is 24.6 Å². The Morgan fingerprint density at radius 2 is 1.76 bits per heavy atom. The van der Waals surface area contributed by atoms with Gasteiger partial charge in [0, 0.05) is 6.04 Å². The molecule has 0 amide bonds. The van der Waals surface area contributed by atoms with E-state index in [1.54, 1.807) is 6.92 Å². The summed E-state index contributed by atoms with van der Waals surface area (Å²) in [4.78, 5) is 0. The number of hydrogen-bond donors (Lipinski definition) is 1. The molecule has 0 radical (unpaired) electrons. The van der Waals surface area contributed by atoms with Crippen molar-refractivity contribution >= 4 is 0 Å². The van der Waals surface area contributed by atoms with Gasteiger partial charge in [-0.2, -0.15) is 13.2 Å². The van der Waals surface area contributed by atoms with Crippen LogP contribution in [0.15, 0.2) is 12.1 Å². The van der Waals surface area contributed by atoms with E-state index < -0.39 is 17.8 Å². The van der Waals surface area contributed by atoms with Crippen LogP contribution in [0.4, 0.5) is 13.2 Å². The quantitative estimate of drug-likeness (QED) is 0.895. The zero-order chi connectivity index (χ0) is 13.2. The van der Waals surface area contributed by atoms with Crippen LogP contribution in [0.25, 0.3) is 0 Å². The first-order chi connectivity index (χ1) is 7.81. The molecule has 3 nitrogen and oxygen atoms in total. The summed E-state index contributed by atoms with van der Waals surface area (Å²) in [5.41, 5.74) is 5.04. The van der Waals surface area contributed by atoms with Gasteiger partial charge >= 0.3 is 6.18 Å². The molecule has 6 heteroatoms. The van der Waals surface area contributed by atoms with Crippen molar-refractivity contribution in [3.8, 4) is 11.5 Å². The highest BCUT2D eigenvalue weighted by molar-refractivity contribution is 5.51. The summed E-state index contributed by atoms with van der Waals surface area (Å²) in [6, 6.07) is 1.90. The number of benzene rings is 1. The number of methoxy groups -OCH3 is 2. The Hall–Kier alpha value is -1.43. The zero-order valence-electron chi connectivity index (χ0n) is 9.76. The van der Waals surface area contributed by atoms with Crippen LogP contribution >= 0.6 is 0 Å². The maximum Gasteiger partial charge on any atom is 0.420 e. The Balaban J connectivity index is 3.48. The van der Waals surface area contributed by atoms with Gasteiger partial charge in [-0.3, -0.25) is 0 Å². The number of rotatable bonds is 3. The van der Waals surface area contributed by atoms with E-state index in [0.717, 1.165) is 6.07 Å². The number of halogens is 3. The van der Waals surface area contributed by atoms with Crippen molar-refractivity contribution in [2.45, 2.75) is 19.1 Å². The highest BCUT2D eigenvalue weighted by atomic mass is 19.4. The number of ether oxygens (including phenoxy) is 2. The second-order valence-corrected chi connectivity index (χ2v) is 3.59. The molecule has 1 aromatic rings. The predicted octanol–water partition coefficient (Wildman–Crippen LogP) is 2.74. The second-order valence-electron chi connectivity index (χ2n) is 3.59. The summed E-state index contributed by atoms with van der Waals surface area (Å²) < 4.78 is 48.1. The lowest BCUT2D eigenvalue weighted by atomic mass is 10.0. The molecule has 2 N–H and O–H groups in total. The SMILES string of the molecule is COc1cc(C(C)N)cc(C(F)(F)F)c1OC. The number of alkyl halides is 3. The summed E-state index contributed by atoms with van der Waals surface area (Å²) in [6.07, 6.45) is -4.51. The van der Waals surface area contributed by atoms with Crippen molar-refractivity contribution < 1.29 is 22.6 Å². The van der Waals surface area contributed by atoms with Crippen molar-refractivity contribution in [2.75, 3.05) is 14.2 Å². The van der Waals surface area contributed by atoms with Crippen LogP contribution < -0.4 is 15.2 Å². The van der Waals surface area contributed by atoms with Gasteiger partial charge in [0.2, 0.25) is 0 Å². The van der Waals surface area contributed by atoms with Gasteiger partial charge in [0.25, 0.3) is 0 Å². The molecule has 1 rings (SSSR count). The molecule has 0 aromatic heterocycles. The Kier molecular flexibility index (Phi) is 3.87. The first-order valence-corrected chi connectivity index (χ1v) is 4.90. The molecule has 0 aliphatic rings. The second kappa shape index (κ2) is 4.83. The average molecular weight is 249 g/mol. The monoisotopic (exact) mass is 249 g/mol. The maximum atomic E-state index is 12.8. The predicted molar refractivity (Wildman–Crippen MR) is 57.2 cm³/mol. The largest absolute Gasteiger partial charge is 0.493 e. The fraction of sp³-hybridized carbons (Fsp3) is 0.455. The topological polar surface area (TPSA) is 44.5 Å². The first-order valence-electron chi connectivity index (χ1n) is 4.90. The van der Waals surface area contributed by atoms with Crippen molar-refractivity contribution in [1.82, 2.24) is 0 Å². The van der Waals surface area contributed by atoms with Gasteiger partial charge in [0.15, 0.2) is 11.5 Å². The van der Waals surface area contributed by atoms with Gasteiger partial charge in [-0.25, -0.2) is 0 Å². The molecule has 0 fully saturated rings. The summed E-state index contributed by atoms with van der Waals surface area (Å²) in [6.45, 7) is 1.60. The van der Waals surface area contributed by atoms with E-state index in [0.29, 0.717) is 5.56 Å². The van der Waals surface area contributed by atoms with Crippen LogP contribution in [-0.4, -0.2) is 14.2 Å². The van der Waals surface area contributed by atoms with Gasteiger partial charge in [-0.15, -0.1) is 0 Å². The fourth-order valence-corrected chi connectivity index (χ4v) is 1.46. The Morgan fingerprint density at radius 3 is 2.12 bits per heavy atom. The highest BCUT2D eigenvalue weighted by Crippen LogP contribution is 2.43. The lowest BCUT2D eigenvalue weighted by Crippen LogP contribution is -2.12. The molecule has 0 spiro atoms. The molecular formula is C11H14F3NO2. The number of hydrogen-bond acceptors (Lipinski definition) is 3. The van der Waals surface area contributed by atoms with Crippen LogP contribution in [0.1, 0.15) is 24.1 Å². The molecule has 0 bridgehead atoms. The number of nitrogens with two attached hydrogens (primary N) is 1. The summed E-state index contributed by atoms with van der Waals surface area (Å²) in [7, 11) is 2.45. The van der Waals surface area contributed by atoms with Crippen molar-refractivity contribution in [2.24, 2.45) is 5.73 Å². The van der Waals surface area contributed by atoms with Crippen LogP contribution in [0.5, 0.6) is 11.5 Å². The average Bonchev–Trinajstić information content (AvgIpc) is 2.25. The van der Waals surface area contributed by atoms with E-state index >= 15 is 0 Å². The van der Waals surface area contributed by atoms with E-state index in [-0.39, 0.29) is 11.5 Å². The third-order valence-electron chi connectivity index (χ3n) is 2.33. The lowest BCUT2D eigenvalue weighted by molar-refractivity contribution is -0.138. The van der Waals surface area contributed by atoms with Crippen molar-refractivity contribution in [3.05, 3.63) is 23.3 Å². The highest BCUT2D eigenvalue weighted by Gasteiger charge is 2.36. The lowest BCUT2D eigenvalue weighted by Gasteiger charge is -2.18. The van der Waals surface area contributed by atoms with Crippen LogP contribution in [0.2, 0.25) is 0 Å².